The Balaban J connectivity index is 5.05. The number of ether oxygens (including phenoxy) is 2. The number of nitriles is 1. The highest BCUT2D eigenvalue weighted by Crippen LogP contribution is 2.18. The van der Waals surface area contributed by atoms with E-state index in [9.17, 15) is 14.9 Å². The first-order valence-electron chi connectivity index (χ1n) is 7.00. The van der Waals surface area contributed by atoms with Crippen molar-refractivity contribution in [3.05, 3.63) is 0 Å². The number of esters is 1. The largest absolute Gasteiger partial charge is 0.463 e. The minimum absolute atomic E-state index is 0.120. The summed E-state index contributed by atoms with van der Waals surface area (Å²) in [6.45, 7) is 7.28. The zero-order chi connectivity index (χ0) is 16.5. The summed E-state index contributed by atoms with van der Waals surface area (Å²) in [5, 5.41) is 11.7. The van der Waals surface area contributed by atoms with Crippen LogP contribution in [0.15, 0.2) is 0 Å². The average Bonchev–Trinajstić information content (AvgIpc) is 2.35. The smallest absolute Gasteiger partial charge is 0.409 e. The van der Waals surface area contributed by atoms with Gasteiger partial charge in [0.1, 0.15) is 11.7 Å². The van der Waals surface area contributed by atoms with E-state index in [0.29, 0.717) is 19.4 Å². The van der Waals surface area contributed by atoms with E-state index in [1.807, 2.05) is 6.07 Å². The summed E-state index contributed by atoms with van der Waals surface area (Å²) in [6, 6.07) is 1.85. The van der Waals surface area contributed by atoms with Crippen LogP contribution in [0.5, 0.6) is 0 Å². The maximum absolute atomic E-state index is 12.0. The molecule has 120 valence electrons. The number of unbranched alkanes of at least 4 members (excludes halogenated alkanes) is 1. The lowest BCUT2D eigenvalue weighted by molar-refractivity contribution is -0.149. The van der Waals surface area contributed by atoms with Gasteiger partial charge in [0.05, 0.1) is 6.61 Å². The summed E-state index contributed by atoms with van der Waals surface area (Å²) >= 11 is 0. The van der Waals surface area contributed by atoms with Crippen LogP contribution in [0.25, 0.3) is 0 Å². The minimum Gasteiger partial charge on any atom is -0.463 e. The molecule has 0 saturated heterocycles. The highest BCUT2D eigenvalue weighted by molar-refractivity contribution is 5.89. The second kappa shape index (κ2) is 8.47. The first kappa shape index (κ1) is 19.2. The lowest BCUT2D eigenvalue weighted by Crippen LogP contribution is -2.55. The van der Waals surface area contributed by atoms with Gasteiger partial charge in [-0.1, -0.05) is 0 Å². The van der Waals surface area contributed by atoms with Crippen LogP contribution in [-0.4, -0.2) is 36.4 Å². The van der Waals surface area contributed by atoms with Gasteiger partial charge in [0, 0.05) is 0 Å². The Morgan fingerprint density at radius 1 is 1.29 bits per heavy atom. The molecule has 0 saturated carbocycles. The highest BCUT2D eigenvalue weighted by Gasteiger charge is 2.42. The fourth-order valence-electron chi connectivity index (χ4n) is 1.61. The summed E-state index contributed by atoms with van der Waals surface area (Å²) in [7, 11) is 0. The van der Waals surface area contributed by atoms with E-state index in [4.69, 9.17) is 15.2 Å². The monoisotopic (exact) mass is 299 g/mol. The van der Waals surface area contributed by atoms with E-state index in [1.165, 1.54) is 0 Å². The Labute approximate surface area is 125 Å². The van der Waals surface area contributed by atoms with Crippen LogP contribution in [-0.2, 0) is 14.3 Å². The normalized spacial score (nSPS) is 13.7. The molecule has 0 heterocycles. The number of hydrogen-bond donors (Lipinski definition) is 2. The van der Waals surface area contributed by atoms with Crippen molar-refractivity contribution < 1.29 is 19.1 Å². The summed E-state index contributed by atoms with van der Waals surface area (Å²) in [6.07, 6.45) is 0.445. The maximum Gasteiger partial charge on any atom is 0.409 e. The Bertz CT molecular complexity index is 398. The zero-order valence-electron chi connectivity index (χ0n) is 13.2. The van der Waals surface area contributed by atoms with Gasteiger partial charge in [0.2, 0.25) is 5.54 Å². The maximum atomic E-state index is 12.0. The summed E-state index contributed by atoms with van der Waals surface area (Å²) in [4.78, 5) is 23.9. The third-order valence-electron chi connectivity index (χ3n) is 2.53. The summed E-state index contributed by atoms with van der Waals surface area (Å²) in [5.41, 5.74) is 2.94. The van der Waals surface area contributed by atoms with Crippen molar-refractivity contribution in [3.63, 3.8) is 0 Å². The summed E-state index contributed by atoms with van der Waals surface area (Å²) in [5.74, 6) is -0.782. The van der Waals surface area contributed by atoms with Crippen molar-refractivity contribution in [2.24, 2.45) is 5.73 Å². The average molecular weight is 299 g/mol. The first-order chi connectivity index (χ1) is 9.70. The molecule has 0 aliphatic carbocycles. The van der Waals surface area contributed by atoms with Crippen molar-refractivity contribution in [1.29, 1.82) is 5.26 Å². The minimum atomic E-state index is -1.74. The molecular weight excluding hydrogens is 274 g/mol. The molecule has 3 N–H and O–H groups in total. The van der Waals surface area contributed by atoms with E-state index in [0.717, 1.165) is 0 Å². The lowest BCUT2D eigenvalue weighted by Gasteiger charge is -2.27. The molecule has 1 atom stereocenters. The number of nitrogens with two attached hydrogens (primary N) is 1. The predicted octanol–water partition coefficient (Wildman–Crippen LogP) is 1.47. The molecule has 0 aromatic rings. The van der Waals surface area contributed by atoms with Crippen molar-refractivity contribution >= 4 is 12.1 Å². The quantitative estimate of drug-likeness (QED) is 0.543. The molecule has 21 heavy (non-hydrogen) atoms. The van der Waals surface area contributed by atoms with E-state index in [1.54, 1.807) is 27.7 Å². The molecule has 0 rings (SSSR count). The molecule has 0 fully saturated rings. The standard InChI is InChI=1S/C14H25N3O4/c1-5-20-11(18)14(10-16,8-6-7-9-15)17-12(19)21-13(2,3)4/h5-9,15H2,1-4H3,(H,17,19). The van der Waals surface area contributed by atoms with Crippen LogP contribution in [0.3, 0.4) is 0 Å². The number of nitrogens with one attached hydrogen (secondary N) is 1. The van der Waals surface area contributed by atoms with Gasteiger partial charge in [-0.25, -0.2) is 9.59 Å². The van der Waals surface area contributed by atoms with Gasteiger partial charge in [0.25, 0.3) is 0 Å². The zero-order valence-corrected chi connectivity index (χ0v) is 13.2. The molecule has 1 amide bonds. The fourth-order valence-corrected chi connectivity index (χ4v) is 1.61. The summed E-state index contributed by atoms with van der Waals surface area (Å²) < 4.78 is 9.99. The van der Waals surface area contributed by atoms with Crippen molar-refractivity contribution in [3.8, 4) is 6.07 Å². The molecule has 0 radical (unpaired) electrons. The van der Waals surface area contributed by atoms with E-state index >= 15 is 0 Å². The first-order valence-corrected chi connectivity index (χ1v) is 7.00. The molecule has 1 unspecified atom stereocenters. The van der Waals surface area contributed by atoms with Crippen molar-refractivity contribution in [2.45, 2.75) is 58.1 Å². The number of carbonyl (C=O) groups is 2. The van der Waals surface area contributed by atoms with Crippen LogP contribution in [0.2, 0.25) is 0 Å². The van der Waals surface area contributed by atoms with E-state index < -0.39 is 23.2 Å². The van der Waals surface area contributed by atoms with Crippen LogP contribution in [0.4, 0.5) is 4.79 Å². The lowest BCUT2D eigenvalue weighted by atomic mass is 9.94. The van der Waals surface area contributed by atoms with Gasteiger partial charge in [-0.15, -0.1) is 0 Å². The van der Waals surface area contributed by atoms with Gasteiger partial charge in [-0.2, -0.15) is 5.26 Å². The van der Waals surface area contributed by atoms with Gasteiger partial charge in [-0.05, 0) is 53.5 Å². The van der Waals surface area contributed by atoms with E-state index in [2.05, 4.69) is 5.32 Å². The Kier molecular flexibility index (Phi) is 7.74. The van der Waals surface area contributed by atoms with E-state index in [-0.39, 0.29) is 13.0 Å². The molecule has 0 bridgehead atoms. The number of amides is 1. The number of carbonyl (C=O) groups excluding carboxylic acids is 2. The molecule has 7 nitrogen and oxygen atoms in total. The van der Waals surface area contributed by atoms with Crippen molar-refractivity contribution in [2.75, 3.05) is 13.2 Å². The van der Waals surface area contributed by atoms with Crippen LogP contribution < -0.4 is 11.1 Å². The molecule has 0 aromatic heterocycles. The second-order valence-electron chi connectivity index (χ2n) is 5.61. The van der Waals surface area contributed by atoms with Crippen LogP contribution in [0.1, 0.15) is 47.0 Å². The number of nitrogens with zero attached hydrogens (tertiary/aromatic N) is 1. The Morgan fingerprint density at radius 2 is 1.90 bits per heavy atom. The second-order valence-corrected chi connectivity index (χ2v) is 5.61. The molecule has 7 heteroatoms. The molecule has 0 aliphatic heterocycles. The topological polar surface area (TPSA) is 114 Å². The fraction of sp³-hybridized carbons (Fsp3) is 0.786. The van der Waals surface area contributed by atoms with Gasteiger partial charge in [0.15, 0.2) is 0 Å². The molecule has 0 aromatic carbocycles. The SMILES string of the molecule is CCOC(=O)C(C#N)(CCCCN)NC(=O)OC(C)(C)C. The predicted molar refractivity (Wildman–Crippen MR) is 77.3 cm³/mol. The third kappa shape index (κ3) is 6.95. The van der Waals surface area contributed by atoms with Crippen LogP contribution >= 0.6 is 0 Å². The number of alkyl carbamates (subject to hydrolysis) is 1. The van der Waals surface area contributed by atoms with Crippen LogP contribution in [0, 0.1) is 11.3 Å². The molecule has 0 spiro atoms. The Hall–Kier alpha value is -1.81. The van der Waals surface area contributed by atoms with Gasteiger partial charge in [-0.3, -0.25) is 5.32 Å². The number of hydrogen-bond acceptors (Lipinski definition) is 6. The third-order valence-corrected chi connectivity index (χ3v) is 2.53. The highest BCUT2D eigenvalue weighted by atomic mass is 16.6. The van der Waals surface area contributed by atoms with Gasteiger partial charge < -0.3 is 15.2 Å². The molecular formula is C14H25N3O4. The van der Waals surface area contributed by atoms with Gasteiger partial charge >= 0.3 is 12.1 Å². The molecule has 0 aliphatic rings. The Morgan fingerprint density at radius 3 is 2.33 bits per heavy atom. The van der Waals surface area contributed by atoms with Crippen molar-refractivity contribution in [1.82, 2.24) is 5.32 Å². The number of rotatable bonds is 7.